The molecule has 0 aliphatic rings. The molecule has 0 bridgehead atoms. The Hall–Kier alpha value is -1.06. The summed E-state index contributed by atoms with van der Waals surface area (Å²) < 4.78 is 5.29. The van der Waals surface area contributed by atoms with Crippen molar-refractivity contribution in [3.63, 3.8) is 0 Å². The molecule has 0 amide bonds. The van der Waals surface area contributed by atoms with Gasteiger partial charge in [0.1, 0.15) is 10.3 Å². The number of furan rings is 1. The Morgan fingerprint density at radius 1 is 1.25 bits per heavy atom. The first kappa shape index (κ1) is 11.4. The predicted molar refractivity (Wildman–Crippen MR) is 63.9 cm³/mol. The Balaban J connectivity index is 2.57. The Bertz CT molecular complexity index is 499. The lowest BCUT2D eigenvalue weighted by Gasteiger charge is -2.05. The Kier molecular flexibility index (Phi) is 3.17. The van der Waals surface area contributed by atoms with E-state index in [1.807, 2.05) is 19.9 Å². The molecule has 0 unspecified atom stereocenters. The fourth-order valence-corrected chi connectivity index (χ4v) is 2.08. The molecule has 2 aromatic rings. The van der Waals surface area contributed by atoms with Gasteiger partial charge in [-0.3, -0.25) is 0 Å². The van der Waals surface area contributed by atoms with E-state index in [-0.39, 0.29) is 0 Å². The molecule has 0 atom stereocenters. The van der Waals surface area contributed by atoms with Crippen LogP contribution in [0.4, 0.5) is 0 Å². The number of aromatic nitrogens is 2. The zero-order valence-electron chi connectivity index (χ0n) is 8.92. The van der Waals surface area contributed by atoms with Gasteiger partial charge in [0.2, 0.25) is 0 Å². The van der Waals surface area contributed by atoms with E-state index < -0.39 is 0 Å². The molecule has 5 heteroatoms. The number of aryl methyl sites for hydroxylation is 1. The van der Waals surface area contributed by atoms with E-state index in [0.29, 0.717) is 28.3 Å². The van der Waals surface area contributed by atoms with E-state index in [0.717, 1.165) is 11.1 Å². The number of rotatable bonds is 2. The smallest absolute Gasteiger partial charge is 0.198 e. The van der Waals surface area contributed by atoms with E-state index in [4.69, 9.17) is 27.6 Å². The molecule has 0 radical (unpaired) electrons. The number of hydrogen-bond acceptors (Lipinski definition) is 3. The zero-order chi connectivity index (χ0) is 11.7. The maximum atomic E-state index is 6.03. The minimum atomic E-state index is 0.383. The Morgan fingerprint density at radius 2 is 1.88 bits per heavy atom. The molecule has 0 fully saturated rings. The molecular formula is C11H10Cl2N2O. The van der Waals surface area contributed by atoms with Crippen LogP contribution >= 0.6 is 23.2 Å². The molecule has 0 spiro atoms. The second-order valence-corrected chi connectivity index (χ2v) is 4.11. The van der Waals surface area contributed by atoms with Crippen LogP contribution in [0.3, 0.4) is 0 Å². The summed E-state index contributed by atoms with van der Waals surface area (Å²) >= 11 is 12.1. The van der Waals surface area contributed by atoms with Crippen LogP contribution in [-0.2, 0) is 6.42 Å². The summed E-state index contributed by atoms with van der Waals surface area (Å²) in [6.07, 6.45) is 2.29. The van der Waals surface area contributed by atoms with Crippen molar-refractivity contribution in [3.8, 4) is 11.6 Å². The quantitative estimate of drug-likeness (QED) is 0.765. The third-order valence-corrected chi connectivity index (χ3v) is 2.95. The molecule has 2 rings (SSSR count). The summed E-state index contributed by atoms with van der Waals surface area (Å²) in [6, 6.07) is 1.84. The average Bonchev–Trinajstić information content (AvgIpc) is 2.64. The Labute approximate surface area is 103 Å². The van der Waals surface area contributed by atoms with Crippen molar-refractivity contribution in [2.45, 2.75) is 20.3 Å². The third-order valence-electron chi connectivity index (χ3n) is 2.32. The molecule has 16 heavy (non-hydrogen) atoms. The van der Waals surface area contributed by atoms with Gasteiger partial charge in [0.15, 0.2) is 11.6 Å². The van der Waals surface area contributed by atoms with Gasteiger partial charge >= 0.3 is 0 Å². The van der Waals surface area contributed by atoms with Gasteiger partial charge in [-0.25, -0.2) is 9.97 Å². The van der Waals surface area contributed by atoms with Crippen molar-refractivity contribution < 1.29 is 4.42 Å². The second-order valence-electron chi connectivity index (χ2n) is 3.39. The Morgan fingerprint density at radius 3 is 2.31 bits per heavy atom. The van der Waals surface area contributed by atoms with Crippen LogP contribution in [0.2, 0.25) is 10.3 Å². The molecule has 0 N–H and O–H groups in total. The molecule has 84 valence electrons. The first-order valence-electron chi connectivity index (χ1n) is 4.89. The lowest BCUT2D eigenvalue weighted by Crippen LogP contribution is -1.96. The van der Waals surface area contributed by atoms with Crippen molar-refractivity contribution in [2.24, 2.45) is 0 Å². The highest BCUT2D eigenvalue weighted by Gasteiger charge is 2.14. The average molecular weight is 257 g/mol. The van der Waals surface area contributed by atoms with E-state index in [1.165, 1.54) is 0 Å². The van der Waals surface area contributed by atoms with Crippen molar-refractivity contribution in [1.82, 2.24) is 9.97 Å². The first-order valence-corrected chi connectivity index (χ1v) is 5.65. The van der Waals surface area contributed by atoms with Gasteiger partial charge in [-0.05, 0) is 25.0 Å². The number of halogens is 2. The largest absolute Gasteiger partial charge is 0.461 e. The first-order chi connectivity index (χ1) is 7.63. The van der Waals surface area contributed by atoms with Crippen LogP contribution < -0.4 is 0 Å². The molecule has 0 aliphatic heterocycles. The summed E-state index contributed by atoms with van der Waals surface area (Å²) in [7, 11) is 0. The molecule has 3 nitrogen and oxygen atoms in total. The van der Waals surface area contributed by atoms with Crippen molar-refractivity contribution in [3.05, 3.63) is 33.8 Å². The number of hydrogen-bond donors (Lipinski definition) is 0. The minimum absolute atomic E-state index is 0.383. The minimum Gasteiger partial charge on any atom is -0.461 e. The van der Waals surface area contributed by atoms with E-state index in [9.17, 15) is 0 Å². The van der Waals surface area contributed by atoms with Gasteiger partial charge in [-0.1, -0.05) is 30.1 Å². The molecule has 0 saturated carbocycles. The highest BCUT2D eigenvalue weighted by atomic mass is 35.5. The summed E-state index contributed by atoms with van der Waals surface area (Å²) in [4.78, 5) is 8.37. The van der Waals surface area contributed by atoms with E-state index in [2.05, 4.69) is 9.97 Å². The van der Waals surface area contributed by atoms with Gasteiger partial charge in [0.25, 0.3) is 0 Å². The maximum absolute atomic E-state index is 6.03. The summed E-state index contributed by atoms with van der Waals surface area (Å²) in [6.45, 7) is 3.87. The van der Waals surface area contributed by atoms with Crippen LogP contribution in [0.5, 0.6) is 0 Å². The standard InChI is InChI=1S/C11H10Cl2N2O/c1-3-7-9(12)14-11(15-10(7)13)8-6(2)4-5-16-8/h4-5H,3H2,1-2H3. The fourth-order valence-electron chi connectivity index (χ4n) is 1.43. The van der Waals surface area contributed by atoms with Crippen LogP contribution in [0.25, 0.3) is 11.6 Å². The lowest BCUT2D eigenvalue weighted by molar-refractivity contribution is 0.575. The lowest BCUT2D eigenvalue weighted by atomic mass is 10.2. The molecule has 2 aromatic heterocycles. The summed E-state index contributed by atoms with van der Waals surface area (Å²) in [5, 5.41) is 0.765. The molecule has 0 aliphatic carbocycles. The molecule has 2 heterocycles. The molecule has 0 aromatic carbocycles. The maximum Gasteiger partial charge on any atom is 0.198 e. The predicted octanol–water partition coefficient (Wildman–Crippen LogP) is 3.91. The van der Waals surface area contributed by atoms with Gasteiger partial charge in [0, 0.05) is 5.56 Å². The van der Waals surface area contributed by atoms with Crippen LogP contribution in [0.1, 0.15) is 18.1 Å². The zero-order valence-corrected chi connectivity index (χ0v) is 10.4. The highest BCUT2D eigenvalue weighted by Crippen LogP contribution is 2.27. The van der Waals surface area contributed by atoms with Gasteiger partial charge < -0.3 is 4.42 Å². The van der Waals surface area contributed by atoms with Gasteiger partial charge in [-0.15, -0.1) is 0 Å². The van der Waals surface area contributed by atoms with Crippen molar-refractivity contribution in [1.29, 1.82) is 0 Å². The summed E-state index contributed by atoms with van der Waals surface area (Å²) in [5.41, 5.74) is 1.72. The summed E-state index contributed by atoms with van der Waals surface area (Å²) in [5.74, 6) is 1.03. The van der Waals surface area contributed by atoms with Gasteiger partial charge in [-0.2, -0.15) is 0 Å². The van der Waals surface area contributed by atoms with E-state index >= 15 is 0 Å². The van der Waals surface area contributed by atoms with E-state index in [1.54, 1.807) is 6.26 Å². The van der Waals surface area contributed by atoms with Crippen LogP contribution in [0.15, 0.2) is 16.7 Å². The van der Waals surface area contributed by atoms with Crippen LogP contribution in [-0.4, -0.2) is 9.97 Å². The number of nitrogens with zero attached hydrogens (tertiary/aromatic N) is 2. The second kappa shape index (κ2) is 4.44. The van der Waals surface area contributed by atoms with Crippen molar-refractivity contribution in [2.75, 3.05) is 0 Å². The van der Waals surface area contributed by atoms with Gasteiger partial charge in [0.05, 0.1) is 6.26 Å². The fraction of sp³-hybridized carbons (Fsp3) is 0.273. The molecule has 0 saturated heterocycles. The normalized spacial score (nSPS) is 10.8. The topological polar surface area (TPSA) is 38.9 Å². The SMILES string of the molecule is CCc1c(Cl)nc(-c2occc2C)nc1Cl. The molecular weight excluding hydrogens is 247 g/mol. The monoisotopic (exact) mass is 256 g/mol. The highest BCUT2D eigenvalue weighted by molar-refractivity contribution is 6.34. The van der Waals surface area contributed by atoms with Crippen LogP contribution in [0, 0.1) is 6.92 Å². The third kappa shape index (κ3) is 1.93. The van der Waals surface area contributed by atoms with Crippen molar-refractivity contribution >= 4 is 23.2 Å².